The Kier molecular flexibility index (Phi) is 7.29. The van der Waals surface area contributed by atoms with Crippen LogP contribution in [0.2, 0.25) is 5.02 Å². The zero-order valence-electron chi connectivity index (χ0n) is 22.2. The van der Waals surface area contributed by atoms with Crippen LogP contribution in [0.25, 0.3) is 28.1 Å². The largest absolute Gasteiger partial charge is 0.325 e. The summed E-state index contributed by atoms with van der Waals surface area (Å²) in [4.78, 5) is 35.5. The highest BCUT2D eigenvalue weighted by Crippen LogP contribution is 2.34. The average Bonchev–Trinajstić information content (AvgIpc) is 3.52. The molecule has 0 fully saturated rings. The van der Waals surface area contributed by atoms with E-state index in [-0.39, 0.29) is 33.8 Å². The molecule has 0 saturated heterocycles. The second-order valence-corrected chi connectivity index (χ2v) is 10.4. The van der Waals surface area contributed by atoms with E-state index >= 15 is 4.39 Å². The molecular formula is C29H23ClF2N8O2. The molecule has 0 saturated carbocycles. The molecule has 1 aliphatic rings. The van der Waals surface area contributed by atoms with Gasteiger partial charge in [-0.2, -0.15) is 4.68 Å². The number of nitrogens with zero attached hydrogens (tertiary/aromatic N) is 7. The SMILES string of the molecule is C[C@@H]1CCC[C@H](n2cnc(-c3c(-n4cnnn4)ccc(Cl)c3F)cc2=O)c2cc(ccn2)-c2cc(F)ccc2NC1=O. The van der Waals surface area contributed by atoms with Gasteiger partial charge in [-0.15, -0.1) is 5.10 Å². The molecule has 10 nitrogen and oxygen atoms in total. The molecule has 6 rings (SSSR count). The van der Waals surface area contributed by atoms with Gasteiger partial charge in [-0.3, -0.25) is 19.1 Å². The van der Waals surface area contributed by atoms with E-state index in [0.717, 1.165) is 0 Å². The molecule has 1 aliphatic heterocycles. The van der Waals surface area contributed by atoms with E-state index in [1.54, 1.807) is 18.3 Å². The number of anilines is 1. The summed E-state index contributed by atoms with van der Waals surface area (Å²) in [5.41, 5.74) is 1.97. The lowest BCUT2D eigenvalue weighted by Gasteiger charge is -2.23. The van der Waals surface area contributed by atoms with Gasteiger partial charge in [-0.05, 0) is 71.3 Å². The Morgan fingerprint density at radius 3 is 2.64 bits per heavy atom. The van der Waals surface area contributed by atoms with Gasteiger partial charge in [0.2, 0.25) is 5.91 Å². The van der Waals surface area contributed by atoms with Gasteiger partial charge < -0.3 is 5.32 Å². The van der Waals surface area contributed by atoms with Crippen molar-refractivity contribution in [3.05, 3.63) is 100 Å². The number of tetrazole rings is 1. The lowest BCUT2D eigenvalue weighted by atomic mass is 9.95. The standard InChI is InChI=1S/C29H23ClF2N8O2/c1-16-3-2-4-24(22-11-17(9-10-33-22)19-12-18(31)5-7-21(19)36-29(16)42)39-14-34-23(13-26(39)41)27-25(40-15-35-37-38-40)8-6-20(30)28(27)32/h5-16,24H,2-4H2,1H3,(H,36,42)/t16-,24+/m1/s1. The third kappa shape index (κ3) is 5.16. The fourth-order valence-electron chi connectivity index (χ4n) is 5.12. The molecule has 13 heteroatoms. The first kappa shape index (κ1) is 27.3. The minimum atomic E-state index is -0.771. The Labute approximate surface area is 243 Å². The Balaban J connectivity index is 1.46. The molecular weight excluding hydrogens is 566 g/mol. The van der Waals surface area contributed by atoms with Crippen molar-refractivity contribution in [1.82, 2.24) is 34.7 Å². The van der Waals surface area contributed by atoms with Crippen LogP contribution in [-0.2, 0) is 4.79 Å². The number of hydrogen-bond acceptors (Lipinski definition) is 7. The molecule has 4 heterocycles. The molecule has 2 atom stereocenters. The van der Waals surface area contributed by atoms with Gasteiger partial charge in [0, 0.05) is 29.4 Å². The van der Waals surface area contributed by atoms with Crippen molar-refractivity contribution in [3.8, 4) is 28.1 Å². The summed E-state index contributed by atoms with van der Waals surface area (Å²) in [6.07, 6.45) is 5.82. The topological polar surface area (TPSA) is 120 Å². The number of amides is 1. The van der Waals surface area contributed by atoms with Crippen molar-refractivity contribution in [2.75, 3.05) is 5.32 Å². The van der Waals surface area contributed by atoms with Crippen molar-refractivity contribution >= 4 is 23.2 Å². The van der Waals surface area contributed by atoms with E-state index in [9.17, 15) is 14.0 Å². The van der Waals surface area contributed by atoms with Crippen LogP contribution in [0.1, 0.15) is 37.9 Å². The van der Waals surface area contributed by atoms with E-state index in [1.165, 1.54) is 58.3 Å². The Hall–Kier alpha value is -4.84. The van der Waals surface area contributed by atoms with E-state index in [0.29, 0.717) is 41.8 Å². The fourth-order valence-corrected chi connectivity index (χ4v) is 5.28. The molecule has 5 aromatic rings. The summed E-state index contributed by atoms with van der Waals surface area (Å²) in [6, 6.07) is 11.2. The highest BCUT2D eigenvalue weighted by molar-refractivity contribution is 6.31. The summed E-state index contributed by atoms with van der Waals surface area (Å²) < 4.78 is 32.3. The van der Waals surface area contributed by atoms with E-state index in [2.05, 4.69) is 30.8 Å². The van der Waals surface area contributed by atoms with E-state index in [4.69, 9.17) is 11.6 Å². The first-order chi connectivity index (χ1) is 20.3. The van der Waals surface area contributed by atoms with Crippen LogP contribution in [0.4, 0.5) is 14.5 Å². The smallest absolute Gasteiger partial charge is 0.254 e. The number of rotatable bonds is 3. The third-order valence-electron chi connectivity index (χ3n) is 7.33. The molecule has 42 heavy (non-hydrogen) atoms. The highest BCUT2D eigenvalue weighted by atomic mass is 35.5. The summed E-state index contributed by atoms with van der Waals surface area (Å²) in [6.45, 7) is 1.82. The monoisotopic (exact) mass is 588 g/mol. The minimum Gasteiger partial charge on any atom is -0.325 e. The van der Waals surface area contributed by atoms with Crippen molar-refractivity contribution < 1.29 is 13.6 Å². The second-order valence-electron chi connectivity index (χ2n) is 10.0. The summed E-state index contributed by atoms with van der Waals surface area (Å²) in [7, 11) is 0. The average molecular weight is 589 g/mol. The maximum Gasteiger partial charge on any atom is 0.254 e. The predicted octanol–water partition coefficient (Wildman–Crippen LogP) is 5.23. The molecule has 0 radical (unpaired) electrons. The number of carbonyl (C=O) groups excluding carboxylic acids is 1. The molecule has 0 unspecified atom stereocenters. The lowest BCUT2D eigenvalue weighted by Crippen LogP contribution is -2.27. The minimum absolute atomic E-state index is 0.0312. The molecule has 2 aromatic carbocycles. The van der Waals surface area contributed by atoms with E-state index < -0.39 is 23.2 Å². The molecule has 1 N–H and O–H groups in total. The lowest BCUT2D eigenvalue weighted by molar-refractivity contribution is -0.119. The number of pyridine rings is 1. The quantitative estimate of drug-likeness (QED) is 0.306. The van der Waals surface area contributed by atoms with Crippen molar-refractivity contribution in [2.24, 2.45) is 5.92 Å². The normalized spacial score (nSPS) is 17.1. The first-order valence-electron chi connectivity index (χ1n) is 13.2. The zero-order chi connectivity index (χ0) is 29.4. The van der Waals surface area contributed by atoms with Crippen LogP contribution in [0.5, 0.6) is 0 Å². The number of hydrogen-bond donors (Lipinski definition) is 1. The molecule has 0 aliphatic carbocycles. The maximum atomic E-state index is 15.3. The number of carbonyl (C=O) groups is 1. The van der Waals surface area contributed by atoms with Crippen LogP contribution >= 0.6 is 11.6 Å². The molecule has 212 valence electrons. The second kappa shape index (κ2) is 11.2. The summed E-state index contributed by atoms with van der Waals surface area (Å²) >= 11 is 6.08. The number of fused-ring (bicyclic) bond motifs is 4. The van der Waals surface area contributed by atoms with E-state index in [1.807, 2.05) is 6.92 Å². The van der Waals surface area contributed by atoms with Crippen molar-refractivity contribution in [2.45, 2.75) is 32.2 Å². The van der Waals surface area contributed by atoms with Gasteiger partial charge in [0.15, 0.2) is 5.82 Å². The van der Waals surface area contributed by atoms with Crippen LogP contribution < -0.4 is 10.9 Å². The fraction of sp³-hybridized carbons (Fsp3) is 0.207. The third-order valence-corrected chi connectivity index (χ3v) is 7.62. The molecule has 3 aromatic heterocycles. The Morgan fingerprint density at radius 2 is 1.86 bits per heavy atom. The van der Waals surface area contributed by atoms with Crippen molar-refractivity contribution in [1.29, 1.82) is 0 Å². The summed E-state index contributed by atoms with van der Waals surface area (Å²) in [5, 5.41) is 13.8. The van der Waals surface area contributed by atoms with Gasteiger partial charge in [0.05, 0.1) is 40.0 Å². The van der Waals surface area contributed by atoms with Crippen LogP contribution in [-0.4, -0.2) is 40.6 Å². The van der Waals surface area contributed by atoms with Gasteiger partial charge >= 0.3 is 0 Å². The molecule has 2 bridgehead atoms. The van der Waals surface area contributed by atoms with Gasteiger partial charge in [0.1, 0.15) is 12.1 Å². The predicted molar refractivity (Wildman–Crippen MR) is 151 cm³/mol. The number of benzene rings is 2. The Morgan fingerprint density at radius 1 is 1.00 bits per heavy atom. The number of halogens is 3. The zero-order valence-corrected chi connectivity index (χ0v) is 23.0. The Bertz CT molecular complexity index is 1860. The first-order valence-corrected chi connectivity index (χ1v) is 13.5. The maximum absolute atomic E-state index is 15.3. The van der Waals surface area contributed by atoms with Gasteiger partial charge in [-0.1, -0.05) is 24.9 Å². The van der Waals surface area contributed by atoms with Crippen LogP contribution in [0.3, 0.4) is 0 Å². The number of nitrogens with one attached hydrogen (secondary N) is 1. The van der Waals surface area contributed by atoms with Crippen molar-refractivity contribution in [3.63, 3.8) is 0 Å². The number of aromatic nitrogens is 7. The van der Waals surface area contributed by atoms with Gasteiger partial charge in [-0.25, -0.2) is 13.8 Å². The summed E-state index contributed by atoms with van der Waals surface area (Å²) in [5.74, 6) is -1.74. The molecule has 1 amide bonds. The van der Waals surface area contributed by atoms with Gasteiger partial charge in [0.25, 0.3) is 5.56 Å². The van der Waals surface area contributed by atoms with Crippen LogP contribution in [0, 0.1) is 17.6 Å². The molecule has 0 spiro atoms. The highest BCUT2D eigenvalue weighted by Gasteiger charge is 2.24. The van der Waals surface area contributed by atoms with Crippen LogP contribution in [0.15, 0.2) is 72.2 Å².